The number of rotatable bonds is 4. The smallest absolute Gasteiger partial charge is 0.226 e. The van der Waals surface area contributed by atoms with E-state index in [1.54, 1.807) is 25.2 Å². The molecule has 0 aliphatic heterocycles. The van der Waals surface area contributed by atoms with Gasteiger partial charge in [0, 0.05) is 21.7 Å². The van der Waals surface area contributed by atoms with Crippen LogP contribution in [0.25, 0.3) is 11.5 Å². The summed E-state index contributed by atoms with van der Waals surface area (Å²) in [5.74, 6) is -1.10. The number of hydrogen-bond acceptors (Lipinski definition) is 5. The molecule has 1 aromatic heterocycles. The monoisotopic (exact) mass is 427 g/mol. The molecule has 0 amide bonds. The first-order chi connectivity index (χ1) is 13.2. The number of anilines is 1. The molecule has 0 radical (unpaired) electrons. The standard InChI is InChI=1S/C10H5Cl2NO2.C9H12F2N2/c11-7-1-6(2-8(12)3-7)10-13-9(4-14)5-15-10;1-5(13-2)6-3-7(10)9(12)8(11)4-6/h1-5H;3-5,13H,12H2,1-2H3. The second kappa shape index (κ2) is 9.64. The largest absolute Gasteiger partial charge is 0.444 e. The second-order valence-electron chi connectivity index (χ2n) is 5.76. The number of carbonyl (C=O) groups is 1. The van der Waals surface area contributed by atoms with Gasteiger partial charge < -0.3 is 15.5 Å². The summed E-state index contributed by atoms with van der Waals surface area (Å²) < 4.78 is 31.0. The van der Waals surface area contributed by atoms with Gasteiger partial charge in [-0.05, 0) is 49.9 Å². The van der Waals surface area contributed by atoms with Crippen LogP contribution in [0.1, 0.15) is 29.0 Å². The fraction of sp³-hybridized carbons (Fsp3) is 0.158. The third-order valence-corrected chi connectivity index (χ3v) is 4.22. The summed E-state index contributed by atoms with van der Waals surface area (Å²) in [6.45, 7) is 1.81. The molecule has 0 spiro atoms. The number of benzene rings is 2. The lowest BCUT2D eigenvalue weighted by atomic mass is 10.1. The summed E-state index contributed by atoms with van der Waals surface area (Å²) in [5, 5.41) is 3.86. The molecule has 1 atom stereocenters. The van der Waals surface area contributed by atoms with Crippen molar-refractivity contribution >= 4 is 35.2 Å². The number of nitrogens with one attached hydrogen (secondary N) is 1. The molecule has 0 saturated carbocycles. The molecule has 0 aliphatic carbocycles. The average Bonchev–Trinajstić information content (AvgIpc) is 3.14. The van der Waals surface area contributed by atoms with Crippen LogP contribution >= 0.6 is 23.2 Å². The van der Waals surface area contributed by atoms with E-state index in [0.717, 1.165) is 0 Å². The number of nitrogens with zero attached hydrogens (tertiary/aromatic N) is 1. The zero-order valence-corrected chi connectivity index (χ0v) is 16.5. The van der Waals surface area contributed by atoms with Gasteiger partial charge in [0.05, 0.1) is 0 Å². The zero-order chi connectivity index (χ0) is 20.8. The fourth-order valence-corrected chi connectivity index (χ4v) is 2.70. The molecule has 0 bridgehead atoms. The van der Waals surface area contributed by atoms with Gasteiger partial charge in [0.15, 0.2) is 6.29 Å². The number of hydrogen-bond donors (Lipinski definition) is 2. The van der Waals surface area contributed by atoms with Gasteiger partial charge in [-0.25, -0.2) is 13.8 Å². The maximum atomic E-state index is 12.9. The highest BCUT2D eigenvalue weighted by atomic mass is 35.5. The minimum absolute atomic E-state index is 0.0930. The van der Waals surface area contributed by atoms with Crippen molar-refractivity contribution in [2.45, 2.75) is 13.0 Å². The van der Waals surface area contributed by atoms with E-state index >= 15 is 0 Å². The highest BCUT2D eigenvalue weighted by molar-refractivity contribution is 6.35. The molecule has 28 heavy (non-hydrogen) atoms. The number of nitrogens with two attached hydrogens (primary N) is 1. The van der Waals surface area contributed by atoms with Crippen LogP contribution in [-0.2, 0) is 0 Å². The molecule has 1 unspecified atom stereocenters. The van der Waals surface area contributed by atoms with Crippen LogP contribution < -0.4 is 11.1 Å². The molecule has 0 saturated heterocycles. The van der Waals surface area contributed by atoms with E-state index in [9.17, 15) is 13.6 Å². The van der Waals surface area contributed by atoms with Crippen LogP contribution in [0.5, 0.6) is 0 Å². The molecule has 9 heteroatoms. The second-order valence-corrected chi connectivity index (χ2v) is 6.63. The van der Waals surface area contributed by atoms with Crippen LogP contribution in [0.3, 0.4) is 0 Å². The number of halogens is 4. The van der Waals surface area contributed by atoms with Gasteiger partial charge in [-0.15, -0.1) is 0 Å². The van der Waals surface area contributed by atoms with Gasteiger partial charge >= 0.3 is 0 Å². The predicted octanol–water partition coefficient (Wildman–Crippen LogP) is 5.29. The Balaban J connectivity index is 0.000000203. The molecular weight excluding hydrogens is 411 g/mol. The fourth-order valence-electron chi connectivity index (χ4n) is 2.17. The van der Waals surface area contributed by atoms with Crippen LogP contribution in [-0.4, -0.2) is 18.3 Å². The van der Waals surface area contributed by atoms with Gasteiger partial charge in [-0.2, -0.15) is 0 Å². The molecular formula is C19H17Cl2F2N3O2. The van der Waals surface area contributed by atoms with E-state index < -0.39 is 17.3 Å². The van der Waals surface area contributed by atoms with Crippen molar-refractivity contribution in [3.05, 3.63) is 69.5 Å². The van der Waals surface area contributed by atoms with Crippen LogP contribution in [0.4, 0.5) is 14.5 Å². The maximum Gasteiger partial charge on any atom is 0.226 e. The van der Waals surface area contributed by atoms with E-state index in [0.29, 0.717) is 33.3 Å². The summed E-state index contributed by atoms with van der Waals surface area (Å²) in [6.07, 6.45) is 1.89. The first-order valence-electron chi connectivity index (χ1n) is 8.04. The third-order valence-electron chi connectivity index (χ3n) is 3.79. The summed E-state index contributed by atoms with van der Waals surface area (Å²) in [7, 11) is 1.72. The van der Waals surface area contributed by atoms with E-state index in [-0.39, 0.29) is 11.7 Å². The number of aromatic nitrogens is 1. The van der Waals surface area contributed by atoms with E-state index in [1.165, 1.54) is 18.4 Å². The molecule has 2 aromatic carbocycles. The van der Waals surface area contributed by atoms with Crippen LogP contribution in [0.2, 0.25) is 10.0 Å². The molecule has 148 valence electrons. The number of nitrogen functional groups attached to an aromatic ring is 1. The highest BCUT2D eigenvalue weighted by Crippen LogP contribution is 2.26. The minimum atomic E-state index is -0.711. The van der Waals surface area contributed by atoms with Crippen LogP contribution in [0, 0.1) is 11.6 Å². The Morgan fingerprint density at radius 2 is 1.71 bits per heavy atom. The zero-order valence-electron chi connectivity index (χ0n) is 15.0. The molecule has 3 aromatic rings. The van der Waals surface area contributed by atoms with Crippen molar-refractivity contribution < 1.29 is 18.0 Å². The third kappa shape index (κ3) is 5.51. The first-order valence-corrected chi connectivity index (χ1v) is 8.79. The van der Waals surface area contributed by atoms with Crippen LogP contribution in [0.15, 0.2) is 41.0 Å². The van der Waals surface area contributed by atoms with Gasteiger partial charge in [0.1, 0.15) is 29.3 Å². The van der Waals surface area contributed by atoms with Gasteiger partial charge in [-0.1, -0.05) is 23.2 Å². The summed E-state index contributed by atoms with van der Waals surface area (Å²) in [5.41, 5.74) is 6.12. The molecule has 3 rings (SSSR count). The quantitative estimate of drug-likeness (QED) is 0.436. The lowest BCUT2D eigenvalue weighted by molar-refractivity contribution is 0.111. The van der Waals surface area contributed by atoms with Crippen molar-refractivity contribution in [3.63, 3.8) is 0 Å². The number of oxazole rings is 1. The van der Waals surface area contributed by atoms with E-state index in [4.69, 9.17) is 33.4 Å². The van der Waals surface area contributed by atoms with Crippen molar-refractivity contribution in [2.75, 3.05) is 12.8 Å². The number of carbonyl (C=O) groups excluding carboxylic acids is 1. The Bertz CT molecular complexity index is 936. The van der Waals surface area contributed by atoms with Crippen molar-refractivity contribution in [2.24, 2.45) is 0 Å². The van der Waals surface area contributed by atoms with E-state index in [1.807, 2.05) is 6.92 Å². The Kier molecular flexibility index (Phi) is 7.51. The summed E-state index contributed by atoms with van der Waals surface area (Å²) in [4.78, 5) is 14.3. The van der Waals surface area contributed by atoms with Gasteiger partial charge in [0.25, 0.3) is 0 Å². The minimum Gasteiger partial charge on any atom is -0.444 e. The average molecular weight is 428 g/mol. The SMILES string of the molecule is CNC(C)c1cc(F)c(N)c(F)c1.O=Cc1coc(-c2cc(Cl)cc(Cl)c2)n1. The predicted molar refractivity (Wildman–Crippen MR) is 106 cm³/mol. The van der Waals surface area contributed by atoms with Crippen molar-refractivity contribution in [3.8, 4) is 11.5 Å². The normalized spacial score (nSPS) is 11.5. The van der Waals surface area contributed by atoms with Gasteiger partial charge in [0.2, 0.25) is 5.89 Å². The highest BCUT2D eigenvalue weighted by Gasteiger charge is 2.11. The molecule has 5 nitrogen and oxygen atoms in total. The Hall–Kier alpha value is -2.48. The van der Waals surface area contributed by atoms with Crippen molar-refractivity contribution in [1.29, 1.82) is 0 Å². The Morgan fingerprint density at radius 3 is 2.18 bits per heavy atom. The van der Waals surface area contributed by atoms with Crippen molar-refractivity contribution in [1.82, 2.24) is 10.3 Å². The number of aldehydes is 1. The maximum absolute atomic E-state index is 12.9. The molecule has 0 aliphatic rings. The Morgan fingerprint density at radius 1 is 1.14 bits per heavy atom. The summed E-state index contributed by atoms with van der Waals surface area (Å²) in [6, 6.07) is 7.31. The molecule has 1 heterocycles. The van der Waals surface area contributed by atoms with E-state index in [2.05, 4.69) is 10.3 Å². The first kappa shape index (κ1) is 21.8. The van der Waals surface area contributed by atoms with Gasteiger partial charge in [-0.3, -0.25) is 4.79 Å². The topological polar surface area (TPSA) is 81.1 Å². The molecule has 3 N–H and O–H groups in total. The molecule has 0 fully saturated rings. The Labute approximate surface area is 170 Å². The lowest BCUT2D eigenvalue weighted by Gasteiger charge is -2.11. The summed E-state index contributed by atoms with van der Waals surface area (Å²) >= 11 is 11.6. The lowest BCUT2D eigenvalue weighted by Crippen LogP contribution is -2.13.